The molecular weight excluding hydrogens is 306 g/mol. The lowest BCUT2D eigenvalue weighted by Crippen LogP contribution is -2.38. The normalized spacial score (nSPS) is 11.8. The maximum atomic E-state index is 12.6. The molecule has 5 nitrogen and oxygen atoms in total. The molecule has 0 fully saturated rings. The SMILES string of the molecule is CCOCCCN(CC(C)C(=O)OC)C(=O)CCc1ccccc1. The second-order valence-corrected chi connectivity index (χ2v) is 5.80. The minimum atomic E-state index is -0.331. The summed E-state index contributed by atoms with van der Waals surface area (Å²) in [7, 11) is 1.37. The predicted octanol–water partition coefficient (Wildman–Crippen LogP) is 2.68. The average Bonchev–Trinajstić information content (AvgIpc) is 2.62. The van der Waals surface area contributed by atoms with Crippen molar-refractivity contribution in [1.29, 1.82) is 0 Å². The number of hydrogen-bond donors (Lipinski definition) is 0. The summed E-state index contributed by atoms with van der Waals surface area (Å²) in [4.78, 5) is 26.0. The zero-order valence-corrected chi connectivity index (χ0v) is 15.0. The molecule has 0 radical (unpaired) electrons. The van der Waals surface area contributed by atoms with Crippen LogP contribution in [0.15, 0.2) is 30.3 Å². The zero-order chi connectivity index (χ0) is 17.8. The monoisotopic (exact) mass is 335 g/mol. The number of carbonyl (C=O) groups excluding carboxylic acids is 2. The maximum Gasteiger partial charge on any atom is 0.310 e. The molecule has 134 valence electrons. The lowest BCUT2D eigenvalue weighted by molar-refractivity contribution is -0.146. The van der Waals surface area contributed by atoms with Crippen LogP contribution in [0.4, 0.5) is 0 Å². The van der Waals surface area contributed by atoms with Gasteiger partial charge in [-0.2, -0.15) is 0 Å². The Hall–Kier alpha value is -1.88. The van der Waals surface area contributed by atoms with Gasteiger partial charge in [-0.05, 0) is 25.3 Å². The van der Waals surface area contributed by atoms with Crippen molar-refractivity contribution in [3.8, 4) is 0 Å². The minimum Gasteiger partial charge on any atom is -0.469 e. The van der Waals surface area contributed by atoms with Crippen LogP contribution in [0.5, 0.6) is 0 Å². The summed E-state index contributed by atoms with van der Waals surface area (Å²) in [5.41, 5.74) is 1.14. The highest BCUT2D eigenvalue weighted by atomic mass is 16.5. The first-order chi connectivity index (χ1) is 11.6. The molecule has 0 N–H and O–H groups in total. The number of ether oxygens (including phenoxy) is 2. The summed E-state index contributed by atoms with van der Waals surface area (Å²) in [5.74, 6) is -0.561. The largest absolute Gasteiger partial charge is 0.469 e. The Morgan fingerprint density at radius 1 is 1.21 bits per heavy atom. The van der Waals surface area contributed by atoms with Crippen molar-refractivity contribution in [3.63, 3.8) is 0 Å². The van der Waals surface area contributed by atoms with E-state index in [-0.39, 0.29) is 17.8 Å². The minimum absolute atomic E-state index is 0.0612. The summed E-state index contributed by atoms with van der Waals surface area (Å²) in [6, 6.07) is 9.94. The summed E-state index contributed by atoms with van der Waals surface area (Å²) in [5, 5.41) is 0. The molecule has 0 spiro atoms. The average molecular weight is 335 g/mol. The van der Waals surface area contributed by atoms with E-state index in [0.29, 0.717) is 39.1 Å². The molecule has 0 saturated carbocycles. The van der Waals surface area contributed by atoms with Crippen LogP contribution in [-0.2, 0) is 25.5 Å². The van der Waals surface area contributed by atoms with E-state index in [9.17, 15) is 9.59 Å². The molecule has 0 saturated heterocycles. The van der Waals surface area contributed by atoms with Gasteiger partial charge in [0.25, 0.3) is 0 Å². The third kappa shape index (κ3) is 7.59. The Morgan fingerprint density at radius 3 is 2.54 bits per heavy atom. The van der Waals surface area contributed by atoms with Crippen LogP contribution in [0.3, 0.4) is 0 Å². The highest BCUT2D eigenvalue weighted by molar-refractivity contribution is 5.78. The lowest BCUT2D eigenvalue weighted by atomic mass is 10.1. The van der Waals surface area contributed by atoms with E-state index >= 15 is 0 Å². The van der Waals surface area contributed by atoms with Gasteiger partial charge in [-0.25, -0.2) is 0 Å². The van der Waals surface area contributed by atoms with Gasteiger partial charge in [-0.1, -0.05) is 37.3 Å². The van der Waals surface area contributed by atoms with Gasteiger partial charge in [-0.3, -0.25) is 9.59 Å². The third-order valence-corrected chi connectivity index (χ3v) is 3.84. The van der Waals surface area contributed by atoms with E-state index in [0.717, 1.165) is 12.0 Å². The van der Waals surface area contributed by atoms with Gasteiger partial charge >= 0.3 is 5.97 Å². The van der Waals surface area contributed by atoms with Crippen LogP contribution in [0, 0.1) is 5.92 Å². The first-order valence-electron chi connectivity index (χ1n) is 8.55. The first kappa shape index (κ1) is 20.2. The van der Waals surface area contributed by atoms with Crippen LogP contribution in [0.25, 0.3) is 0 Å². The van der Waals surface area contributed by atoms with Gasteiger partial charge in [-0.15, -0.1) is 0 Å². The quantitative estimate of drug-likeness (QED) is 0.461. The number of benzene rings is 1. The predicted molar refractivity (Wildman–Crippen MR) is 93.6 cm³/mol. The second kappa shape index (κ2) is 11.6. The van der Waals surface area contributed by atoms with Crippen molar-refractivity contribution in [3.05, 3.63) is 35.9 Å². The molecule has 1 amide bonds. The Balaban J connectivity index is 2.57. The Morgan fingerprint density at radius 2 is 1.92 bits per heavy atom. The number of aryl methyl sites for hydroxylation is 1. The van der Waals surface area contributed by atoms with Gasteiger partial charge in [0.15, 0.2) is 0 Å². The van der Waals surface area contributed by atoms with Crippen LogP contribution < -0.4 is 0 Å². The first-order valence-corrected chi connectivity index (χ1v) is 8.55. The number of hydrogen-bond acceptors (Lipinski definition) is 4. The molecule has 5 heteroatoms. The highest BCUT2D eigenvalue weighted by Gasteiger charge is 2.21. The number of carbonyl (C=O) groups is 2. The number of methoxy groups -OCH3 is 1. The fraction of sp³-hybridized carbons (Fsp3) is 0.579. The van der Waals surface area contributed by atoms with Crippen molar-refractivity contribution < 1.29 is 19.1 Å². The molecule has 1 unspecified atom stereocenters. The highest BCUT2D eigenvalue weighted by Crippen LogP contribution is 2.09. The topological polar surface area (TPSA) is 55.8 Å². The second-order valence-electron chi connectivity index (χ2n) is 5.80. The Bertz CT molecular complexity index is 489. The van der Waals surface area contributed by atoms with Crippen molar-refractivity contribution in [2.75, 3.05) is 33.4 Å². The lowest BCUT2D eigenvalue weighted by Gasteiger charge is -2.25. The zero-order valence-electron chi connectivity index (χ0n) is 15.0. The van der Waals surface area contributed by atoms with Gasteiger partial charge < -0.3 is 14.4 Å². The molecule has 0 aliphatic rings. The molecule has 1 atom stereocenters. The number of amides is 1. The third-order valence-electron chi connectivity index (χ3n) is 3.84. The molecule has 0 aliphatic carbocycles. The maximum absolute atomic E-state index is 12.6. The summed E-state index contributed by atoms with van der Waals surface area (Å²) < 4.78 is 10.1. The van der Waals surface area contributed by atoms with Crippen molar-refractivity contribution in [2.45, 2.75) is 33.1 Å². The van der Waals surface area contributed by atoms with Gasteiger partial charge in [0.1, 0.15) is 0 Å². The number of rotatable bonds is 11. The molecule has 0 aliphatic heterocycles. The van der Waals surface area contributed by atoms with Crippen LogP contribution >= 0.6 is 0 Å². The van der Waals surface area contributed by atoms with E-state index in [1.807, 2.05) is 37.3 Å². The summed E-state index contributed by atoms with van der Waals surface area (Å²) in [6.07, 6.45) is 1.90. The molecule has 24 heavy (non-hydrogen) atoms. The Kier molecular flexibility index (Phi) is 9.77. The molecule has 1 aromatic carbocycles. The fourth-order valence-corrected chi connectivity index (χ4v) is 2.48. The van der Waals surface area contributed by atoms with E-state index in [1.54, 1.807) is 11.8 Å². The van der Waals surface area contributed by atoms with E-state index in [2.05, 4.69) is 0 Å². The number of nitrogens with zero attached hydrogens (tertiary/aromatic N) is 1. The smallest absolute Gasteiger partial charge is 0.310 e. The molecule has 1 rings (SSSR count). The fourth-order valence-electron chi connectivity index (χ4n) is 2.48. The number of esters is 1. The van der Waals surface area contributed by atoms with E-state index in [1.165, 1.54) is 7.11 Å². The van der Waals surface area contributed by atoms with Gasteiger partial charge in [0.05, 0.1) is 13.0 Å². The van der Waals surface area contributed by atoms with Crippen molar-refractivity contribution in [1.82, 2.24) is 4.90 Å². The van der Waals surface area contributed by atoms with Crippen molar-refractivity contribution >= 4 is 11.9 Å². The summed E-state index contributed by atoms with van der Waals surface area (Å²) in [6.45, 7) is 5.99. The van der Waals surface area contributed by atoms with E-state index < -0.39 is 0 Å². The standard InChI is InChI=1S/C19H29NO4/c1-4-24-14-8-13-20(15-16(2)19(22)23-3)18(21)12-11-17-9-6-5-7-10-17/h5-7,9-10,16H,4,8,11-15H2,1-3H3. The molecule has 1 aromatic rings. The van der Waals surface area contributed by atoms with Gasteiger partial charge in [0, 0.05) is 32.7 Å². The molecule has 0 heterocycles. The molecule has 0 bridgehead atoms. The Labute approximate surface area is 144 Å². The van der Waals surface area contributed by atoms with Gasteiger partial charge in [0.2, 0.25) is 5.91 Å². The van der Waals surface area contributed by atoms with E-state index in [4.69, 9.17) is 9.47 Å². The van der Waals surface area contributed by atoms with Crippen LogP contribution in [0.1, 0.15) is 32.3 Å². The van der Waals surface area contributed by atoms with Crippen molar-refractivity contribution in [2.24, 2.45) is 5.92 Å². The molecular formula is C19H29NO4. The van der Waals surface area contributed by atoms with Crippen LogP contribution in [-0.4, -0.2) is 50.2 Å². The summed E-state index contributed by atoms with van der Waals surface area (Å²) >= 11 is 0. The molecule has 0 aromatic heterocycles. The van der Waals surface area contributed by atoms with Crippen LogP contribution in [0.2, 0.25) is 0 Å².